The van der Waals surface area contributed by atoms with Crippen LogP contribution in [-0.2, 0) is 14.3 Å². The van der Waals surface area contributed by atoms with Crippen molar-refractivity contribution in [2.75, 3.05) is 13.1 Å². The van der Waals surface area contributed by atoms with Crippen LogP contribution in [-0.4, -0.2) is 37.5 Å². The van der Waals surface area contributed by atoms with Gasteiger partial charge in [0.15, 0.2) is 0 Å². The lowest BCUT2D eigenvalue weighted by Crippen LogP contribution is -2.38. The first-order valence-electron chi connectivity index (χ1n) is 4.21. The van der Waals surface area contributed by atoms with Gasteiger partial charge in [-0.3, -0.25) is 4.79 Å². The predicted octanol–water partition coefficient (Wildman–Crippen LogP) is -0.564. The molecule has 6 nitrogen and oxygen atoms in total. The molecule has 0 fully saturated rings. The quantitative estimate of drug-likeness (QED) is 0.585. The van der Waals surface area contributed by atoms with Crippen LogP contribution in [0.1, 0.15) is 13.8 Å². The minimum atomic E-state index is -0.652. The maximum Gasteiger partial charge on any atom is 0.407 e. The predicted molar refractivity (Wildman–Crippen MR) is 48.7 cm³/mol. The maximum absolute atomic E-state index is 10.9. The Morgan fingerprint density at radius 3 is 2.50 bits per heavy atom. The first kappa shape index (κ1) is 12.4. The van der Waals surface area contributed by atoms with Crippen LogP contribution in [0.4, 0.5) is 4.79 Å². The van der Waals surface area contributed by atoms with Gasteiger partial charge in [-0.15, -0.1) is 0 Å². The van der Waals surface area contributed by atoms with Crippen LogP contribution in [0, 0.1) is 0 Å². The second-order valence-electron chi connectivity index (χ2n) is 2.78. The molecule has 0 spiro atoms. The standard InChI is InChI=1S/C8H14N2O4/c1-6(2)14-8(13)10-5-7(12)9-3-4-11/h4,6H,3,5H2,1-2H3,(H,9,12)(H,10,13). The summed E-state index contributed by atoms with van der Waals surface area (Å²) in [6.07, 6.45) is -0.320. The van der Waals surface area contributed by atoms with E-state index in [2.05, 4.69) is 10.6 Å². The highest BCUT2D eigenvalue weighted by atomic mass is 16.6. The topological polar surface area (TPSA) is 84.5 Å². The van der Waals surface area contributed by atoms with Crippen LogP contribution in [0.5, 0.6) is 0 Å². The molecule has 0 aromatic rings. The summed E-state index contributed by atoms with van der Waals surface area (Å²) in [5, 5.41) is 4.50. The fourth-order valence-electron chi connectivity index (χ4n) is 0.626. The molecule has 0 aliphatic carbocycles. The summed E-state index contributed by atoms with van der Waals surface area (Å²) in [7, 11) is 0. The molecule has 0 atom stereocenters. The summed E-state index contributed by atoms with van der Waals surface area (Å²) in [6, 6.07) is 0. The average Bonchev–Trinajstić information content (AvgIpc) is 2.10. The second kappa shape index (κ2) is 6.88. The largest absolute Gasteiger partial charge is 0.447 e. The van der Waals surface area contributed by atoms with Gasteiger partial charge in [-0.05, 0) is 13.8 Å². The molecule has 6 heteroatoms. The molecule has 2 N–H and O–H groups in total. The molecular formula is C8H14N2O4. The minimum Gasteiger partial charge on any atom is -0.447 e. The Morgan fingerprint density at radius 2 is 2.00 bits per heavy atom. The number of nitrogens with one attached hydrogen (secondary N) is 2. The van der Waals surface area contributed by atoms with Crippen molar-refractivity contribution in [2.45, 2.75) is 20.0 Å². The second-order valence-corrected chi connectivity index (χ2v) is 2.78. The summed E-state index contributed by atoms with van der Waals surface area (Å²) in [4.78, 5) is 31.6. The highest BCUT2D eigenvalue weighted by molar-refractivity contribution is 5.83. The molecule has 2 amide bonds. The van der Waals surface area contributed by atoms with E-state index >= 15 is 0 Å². The Morgan fingerprint density at radius 1 is 1.36 bits per heavy atom. The molecule has 0 aromatic carbocycles. The summed E-state index contributed by atoms with van der Waals surface area (Å²) >= 11 is 0. The molecule has 0 unspecified atom stereocenters. The monoisotopic (exact) mass is 202 g/mol. The van der Waals surface area contributed by atoms with Crippen LogP contribution >= 0.6 is 0 Å². The molecule has 0 aromatic heterocycles. The van der Waals surface area contributed by atoms with E-state index < -0.39 is 12.0 Å². The van der Waals surface area contributed by atoms with E-state index in [1.807, 2.05) is 0 Å². The molecular weight excluding hydrogens is 188 g/mol. The fraction of sp³-hybridized carbons (Fsp3) is 0.625. The van der Waals surface area contributed by atoms with E-state index in [-0.39, 0.29) is 19.2 Å². The molecule has 0 saturated carbocycles. The molecule has 0 aliphatic heterocycles. The number of hydrogen-bond acceptors (Lipinski definition) is 4. The van der Waals surface area contributed by atoms with Crippen molar-refractivity contribution < 1.29 is 19.1 Å². The molecule has 0 bridgehead atoms. The Labute approximate surface area is 82.0 Å². The van der Waals surface area contributed by atoms with Gasteiger partial charge in [0.05, 0.1) is 12.6 Å². The van der Waals surface area contributed by atoms with E-state index in [0.717, 1.165) is 0 Å². The maximum atomic E-state index is 10.9. The number of amides is 2. The van der Waals surface area contributed by atoms with Crippen LogP contribution in [0.25, 0.3) is 0 Å². The lowest BCUT2D eigenvalue weighted by molar-refractivity contribution is -0.121. The number of carbonyl (C=O) groups excluding carboxylic acids is 3. The zero-order valence-corrected chi connectivity index (χ0v) is 8.20. The van der Waals surface area contributed by atoms with Gasteiger partial charge in [0, 0.05) is 0 Å². The van der Waals surface area contributed by atoms with E-state index in [0.29, 0.717) is 6.29 Å². The molecule has 14 heavy (non-hydrogen) atoms. The zero-order chi connectivity index (χ0) is 11.0. The number of aldehydes is 1. The summed E-state index contributed by atoms with van der Waals surface area (Å²) in [6.45, 7) is 3.15. The highest BCUT2D eigenvalue weighted by Crippen LogP contribution is 1.87. The number of hydrogen-bond donors (Lipinski definition) is 2. The number of alkyl carbamates (subject to hydrolysis) is 1. The number of rotatable bonds is 5. The summed E-state index contributed by atoms with van der Waals surface area (Å²) in [5.74, 6) is -0.433. The van der Waals surface area contributed by atoms with Gasteiger partial charge in [0.2, 0.25) is 5.91 Å². The van der Waals surface area contributed by atoms with Crippen LogP contribution in [0.2, 0.25) is 0 Å². The van der Waals surface area contributed by atoms with Crippen molar-refractivity contribution in [1.82, 2.24) is 10.6 Å². The molecule has 0 saturated heterocycles. The van der Waals surface area contributed by atoms with Crippen molar-refractivity contribution in [1.29, 1.82) is 0 Å². The van der Waals surface area contributed by atoms with Crippen molar-refractivity contribution in [2.24, 2.45) is 0 Å². The molecule has 0 heterocycles. The molecule has 0 rings (SSSR count). The van der Waals surface area contributed by atoms with Gasteiger partial charge in [-0.1, -0.05) is 0 Å². The Kier molecular flexibility index (Phi) is 6.09. The Hall–Kier alpha value is -1.59. The van der Waals surface area contributed by atoms with E-state index in [1.165, 1.54) is 0 Å². The minimum absolute atomic E-state index is 0.0558. The van der Waals surface area contributed by atoms with Crippen molar-refractivity contribution in [3.05, 3.63) is 0 Å². The smallest absolute Gasteiger partial charge is 0.407 e. The van der Waals surface area contributed by atoms with Gasteiger partial charge < -0.3 is 20.2 Å². The number of ether oxygens (including phenoxy) is 1. The first-order valence-corrected chi connectivity index (χ1v) is 4.21. The lowest BCUT2D eigenvalue weighted by atomic mass is 10.5. The summed E-state index contributed by atoms with van der Waals surface area (Å²) in [5.41, 5.74) is 0. The lowest BCUT2D eigenvalue weighted by Gasteiger charge is -2.08. The van der Waals surface area contributed by atoms with E-state index in [4.69, 9.17) is 4.74 Å². The van der Waals surface area contributed by atoms with E-state index in [1.54, 1.807) is 13.8 Å². The van der Waals surface area contributed by atoms with Gasteiger partial charge in [0.1, 0.15) is 12.8 Å². The van der Waals surface area contributed by atoms with Crippen LogP contribution in [0.3, 0.4) is 0 Å². The molecule has 80 valence electrons. The third kappa shape index (κ3) is 7.08. The normalized spacial score (nSPS) is 9.36. The zero-order valence-electron chi connectivity index (χ0n) is 8.20. The highest BCUT2D eigenvalue weighted by Gasteiger charge is 2.06. The Bertz CT molecular complexity index is 215. The number of carbonyl (C=O) groups is 3. The Balaban J connectivity index is 3.55. The molecule has 0 radical (unpaired) electrons. The van der Waals surface area contributed by atoms with Crippen LogP contribution < -0.4 is 10.6 Å². The first-order chi connectivity index (χ1) is 6.56. The third-order valence-electron chi connectivity index (χ3n) is 1.12. The summed E-state index contributed by atoms with van der Waals surface area (Å²) < 4.78 is 4.71. The van der Waals surface area contributed by atoms with Crippen LogP contribution in [0.15, 0.2) is 0 Å². The van der Waals surface area contributed by atoms with Crippen molar-refractivity contribution in [3.63, 3.8) is 0 Å². The SMILES string of the molecule is CC(C)OC(=O)NCC(=O)NCC=O. The van der Waals surface area contributed by atoms with Gasteiger partial charge in [-0.25, -0.2) is 4.79 Å². The van der Waals surface area contributed by atoms with Gasteiger partial charge in [-0.2, -0.15) is 0 Å². The van der Waals surface area contributed by atoms with Gasteiger partial charge >= 0.3 is 6.09 Å². The third-order valence-corrected chi connectivity index (χ3v) is 1.12. The fourth-order valence-corrected chi connectivity index (χ4v) is 0.626. The van der Waals surface area contributed by atoms with Crippen molar-refractivity contribution in [3.8, 4) is 0 Å². The van der Waals surface area contributed by atoms with Gasteiger partial charge in [0.25, 0.3) is 0 Å². The van der Waals surface area contributed by atoms with E-state index in [9.17, 15) is 14.4 Å². The van der Waals surface area contributed by atoms with Crippen molar-refractivity contribution >= 4 is 18.3 Å². The molecule has 0 aliphatic rings. The average molecular weight is 202 g/mol.